The van der Waals surface area contributed by atoms with Gasteiger partial charge in [-0.3, -0.25) is 0 Å². The maximum absolute atomic E-state index is 13.9. The third-order valence-corrected chi connectivity index (χ3v) is 7.52. The molecule has 1 fully saturated rings. The Morgan fingerprint density at radius 1 is 0.943 bits per heavy atom. The Bertz CT molecular complexity index is 1120. The first-order valence-corrected chi connectivity index (χ1v) is 13.1. The molecule has 190 valence electrons. The zero-order valence-electron chi connectivity index (χ0n) is 21.2. The van der Waals surface area contributed by atoms with Gasteiger partial charge < -0.3 is 9.72 Å². The van der Waals surface area contributed by atoms with E-state index in [2.05, 4.69) is 31.8 Å². The standard InChI is InChI=1S/C30H38F3NO/c1-4-15-29(2,3)16-14-24-18-23-19-25(11-13-28(23)34-24)35-20-21-10-12-26(22-8-6-5-7-9-22)27(17-21)30(31,32)33/h10-13,17-19,22,34H,4-9,14-16,20H2,1-3H3. The van der Waals surface area contributed by atoms with Crippen LogP contribution in [-0.2, 0) is 19.2 Å². The van der Waals surface area contributed by atoms with Gasteiger partial charge in [-0.25, -0.2) is 0 Å². The molecule has 1 saturated carbocycles. The first-order chi connectivity index (χ1) is 16.6. The molecule has 35 heavy (non-hydrogen) atoms. The summed E-state index contributed by atoms with van der Waals surface area (Å²) in [6.07, 6.45) is 4.97. The first-order valence-electron chi connectivity index (χ1n) is 13.1. The van der Waals surface area contributed by atoms with Gasteiger partial charge in [-0.2, -0.15) is 13.2 Å². The molecular weight excluding hydrogens is 447 g/mol. The van der Waals surface area contributed by atoms with Gasteiger partial charge in [0.2, 0.25) is 0 Å². The Balaban J connectivity index is 1.44. The lowest BCUT2D eigenvalue weighted by Gasteiger charge is -2.25. The number of ether oxygens (including phenoxy) is 1. The Kier molecular flexibility index (Phi) is 7.83. The molecule has 0 bridgehead atoms. The predicted octanol–water partition coefficient (Wildman–Crippen LogP) is 9.57. The molecule has 2 aromatic carbocycles. The Morgan fingerprint density at radius 2 is 1.71 bits per heavy atom. The zero-order chi connectivity index (χ0) is 25.1. The van der Waals surface area contributed by atoms with Crippen LogP contribution in [0.2, 0.25) is 0 Å². The summed E-state index contributed by atoms with van der Waals surface area (Å²) in [5.74, 6) is 0.673. The molecule has 0 spiro atoms. The quantitative estimate of drug-likeness (QED) is 0.321. The van der Waals surface area contributed by atoms with Gasteiger partial charge >= 0.3 is 6.18 Å². The van der Waals surface area contributed by atoms with E-state index in [4.69, 9.17) is 4.74 Å². The van der Waals surface area contributed by atoms with Gasteiger partial charge in [-0.15, -0.1) is 0 Å². The SMILES string of the molecule is CCCC(C)(C)CCc1cc2cc(OCc3ccc(C4CCCCC4)c(C(F)(F)F)c3)ccc2[nH]1. The fourth-order valence-corrected chi connectivity index (χ4v) is 5.55. The molecule has 4 rings (SSSR count). The van der Waals surface area contributed by atoms with Crippen LogP contribution in [0, 0.1) is 5.41 Å². The molecule has 1 aliphatic rings. The van der Waals surface area contributed by atoms with E-state index in [9.17, 15) is 13.2 Å². The molecular formula is C30H38F3NO. The number of aromatic amines is 1. The van der Waals surface area contributed by atoms with Crippen LogP contribution in [0.4, 0.5) is 13.2 Å². The average Bonchev–Trinajstić information content (AvgIpc) is 3.24. The third kappa shape index (κ3) is 6.62. The summed E-state index contributed by atoms with van der Waals surface area (Å²) in [4.78, 5) is 3.49. The van der Waals surface area contributed by atoms with Crippen LogP contribution in [0.15, 0.2) is 42.5 Å². The molecule has 3 aromatic rings. The molecule has 2 nitrogen and oxygen atoms in total. The molecule has 0 radical (unpaired) electrons. The minimum Gasteiger partial charge on any atom is -0.489 e. The summed E-state index contributed by atoms with van der Waals surface area (Å²) in [5, 5.41) is 1.06. The molecule has 0 unspecified atom stereocenters. The monoisotopic (exact) mass is 485 g/mol. The summed E-state index contributed by atoms with van der Waals surface area (Å²) in [6.45, 7) is 6.97. The van der Waals surface area contributed by atoms with Crippen molar-refractivity contribution < 1.29 is 17.9 Å². The molecule has 0 atom stereocenters. The van der Waals surface area contributed by atoms with Crippen molar-refractivity contribution in [1.82, 2.24) is 4.98 Å². The van der Waals surface area contributed by atoms with Gasteiger partial charge in [-0.05, 0) is 84.9 Å². The molecule has 0 saturated heterocycles. The van der Waals surface area contributed by atoms with E-state index in [1.807, 2.05) is 18.2 Å². The average molecular weight is 486 g/mol. The third-order valence-electron chi connectivity index (χ3n) is 7.52. The highest BCUT2D eigenvalue weighted by molar-refractivity contribution is 5.81. The minimum absolute atomic E-state index is 0.00749. The molecule has 1 aromatic heterocycles. The minimum atomic E-state index is -4.35. The lowest BCUT2D eigenvalue weighted by atomic mass is 9.81. The van der Waals surface area contributed by atoms with Gasteiger partial charge in [0.05, 0.1) is 5.56 Å². The van der Waals surface area contributed by atoms with Crippen molar-refractivity contribution in [2.75, 3.05) is 0 Å². The van der Waals surface area contributed by atoms with Gasteiger partial charge in [0, 0.05) is 16.6 Å². The van der Waals surface area contributed by atoms with E-state index in [0.717, 1.165) is 55.8 Å². The fraction of sp³-hybridized carbons (Fsp3) is 0.533. The zero-order valence-corrected chi connectivity index (χ0v) is 21.2. The van der Waals surface area contributed by atoms with Gasteiger partial charge in [-0.1, -0.05) is 58.6 Å². The molecule has 1 heterocycles. The largest absolute Gasteiger partial charge is 0.489 e. The van der Waals surface area contributed by atoms with Crippen LogP contribution in [0.5, 0.6) is 5.75 Å². The van der Waals surface area contributed by atoms with Crippen molar-refractivity contribution in [2.24, 2.45) is 5.41 Å². The van der Waals surface area contributed by atoms with E-state index in [1.165, 1.54) is 24.6 Å². The number of fused-ring (bicyclic) bond motifs is 1. The normalized spacial score (nSPS) is 15.6. The highest BCUT2D eigenvalue weighted by Gasteiger charge is 2.35. The van der Waals surface area contributed by atoms with E-state index < -0.39 is 11.7 Å². The number of benzene rings is 2. The number of nitrogens with one attached hydrogen (secondary N) is 1. The van der Waals surface area contributed by atoms with Crippen LogP contribution in [0.25, 0.3) is 10.9 Å². The van der Waals surface area contributed by atoms with E-state index >= 15 is 0 Å². The number of halogens is 3. The van der Waals surface area contributed by atoms with Gasteiger partial charge in [0.25, 0.3) is 0 Å². The Labute approximate surface area is 207 Å². The number of alkyl halides is 3. The van der Waals surface area contributed by atoms with Crippen molar-refractivity contribution in [1.29, 1.82) is 0 Å². The number of hydrogen-bond donors (Lipinski definition) is 1. The lowest BCUT2D eigenvalue weighted by Crippen LogP contribution is -2.15. The molecule has 0 aliphatic heterocycles. The molecule has 5 heteroatoms. The maximum Gasteiger partial charge on any atom is 0.416 e. The molecule has 1 N–H and O–H groups in total. The second-order valence-electron chi connectivity index (χ2n) is 11.0. The first kappa shape index (κ1) is 25.7. The summed E-state index contributed by atoms with van der Waals surface area (Å²) in [6, 6.07) is 12.8. The summed E-state index contributed by atoms with van der Waals surface area (Å²) >= 11 is 0. The smallest absolute Gasteiger partial charge is 0.416 e. The number of rotatable bonds is 9. The second kappa shape index (κ2) is 10.7. The molecule has 1 aliphatic carbocycles. The van der Waals surface area contributed by atoms with Crippen molar-refractivity contribution in [2.45, 2.75) is 97.3 Å². The van der Waals surface area contributed by atoms with Crippen LogP contribution in [0.1, 0.15) is 100 Å². The Morgan fingerprint density at radius 3 is 2.43 bits per heavy atom. The van der Waals surface area contributed by atoms with E-state index in [1.54, 1.807) is 12.1 Å². The summed E-state index contributed by atoms with van der Waals surface area (Å²) < 4.78 is 47.5. The van der Waals surface area contributed by atoms with E-state index in [0.29, 0.717) is 22.3 Å². The number of H-pyrrole nitrogens is 1. The van der Waals surface area contributed by atoms with Gasteiger partial charge in [0.1, 0.15) is 12.4 Å². The number of hydrogen-bond acceptors (Lipinski definition) is 1. The molecule has 0 amide bonds. The number of aryl methyl sites for hydroxylation is 1. The second-order valence-corrected chi connectivity index (χ2v) is 11.0. The summed E-state index contributed by atoms with van der Waals surface area (Å²) in [5.41, 5.74) is 3.07. The summed E-state index contributed by atoms with van der Waals surface area (Å²) in [7, 11) is 0. The van der Waals surface area contributed by atoms with Crippen molar-refractivity contribution in [3.63, 3.8) is 0 Å². The number of aromatic nitrogens is 1. The maximum atomic E-state index is 13.9. The van der Waals surface area contributed by atoms with Crippen LogP contribution >= 0.6 is 0 Å². The van der Waals surface area contributed by atoms with Crippen LogP contribution in [-0.4, -0.2) is 4.98 Å². The lowest BCUT2D eigenvalue weighted by molar-refractivity contribution is -0.138. The van der Waals surface area contributed by atoms with Crippen LogP contribution < -0.4 is 4.74 Å². The van der Waals surface area contributed by atoms with Crippen molar-refractivity contribution >= 4 is 10.9 Å². The van der Waals surface area contributed by atoms with E-state index in [-0.39, 0.29) is 12.5 Å². The fourth-order valence-electron chi connectivity index (χ4n) is 5.55. The topological polar surface area (TPSA) is 25.0 Å². The van der Waals surface area contributed by atoms with Crippen LogP contribution in [0.3, 0.4) is 0 Å². The van der Waals surface area contributed by atoms with Gasteiger partial charge in [0.15, 0.2) is 0 Å². The highest BCUT2D eigenvalue weighted by Crippen LogP contribution is 2.41. The van der Waals surface area contributed by atoms with Crippen molar-refractivity contribution in [3.05, 3.63) is 64.8 Å². The highest BCUT2D eigenvalue weighted by atomic mass is 19.4. The van der Waals surface area contributed by atoms with Crippen molar-refractivity contribution in [3.8, 4) is 5.75 Å². The Hall–Kier alpha value is -2.43. The predicted molar refractivity (Wildman–Crippen MR) is 137 cm³/mol.